The molecule has 0 aromatic carbocycles. The Morgan fingerprint density at radius 3 is 2.86 bits per heavy atom. The van der Waals surface area contributed by atoms with Crippen LogP contribution in [0.4, 0.5) is 5.82 Å². The van der Waals surface area contributed by atoms with Crippen molar-refractivity contribution in [3.8, 4) is 5.82 Å². The first kappa shape index (κ1) is 8.68. The van der Waals surface area contributed by atoms with E-state index in [9.17, 15) is 0 Å². The third-order valence-corrected chi connectivity index (χ3v) is 2.02. The van der Waals surface area contributed by atoms with E-state index in [4.69, 9.17) is 0 Å². The summed E-state index contributed by atoms with van der Waals surface area (Å²) in [6.45, 7) is 1.96. The minimum Gasteiger partial charge on any atom is -0.373 e. The fourth-order valence-corrected chi connectivity index (χ4v) is 1.32. The van der Waals surface area contributed by atoms with E-state index in [-0.39, 0.29) is 0 Å². The smallest absolute Gasteiger partial charge is 0.161 e. The van der Waals surface area contributed by atoms with E-state index in [0.29, 0.717) is 0 Å². The summed E-state index contributed by atoms with van der Waals surface area (Å²) in [7, 11) is 1.84. The van der Waals surface area contributed by atoms with Crippen LogP contribution in [0.2, 0.25) is 0 Å². The first-order valence-corrected chi connectivity index (χ1v) is 4.32. The van der Waals surface area contributed by atoms with Gasteiger partial charge >= 0.3 is 0 Å². The van der Waals surface area contributed by atoms with Gasteiger partial charge in [-0.25, -0.2) is 14.6 Å². The van der Waals surface area contributed by atoms with Crippen LogP contribution < -0.4 is 5.32 Å². The van der Waals surface area contributed by atoms with Gasteiger partial charge in [0, 0.05) is 25.0 Å². The van der Waals surface area contributed by atoms with Gasteiger partial charge in [-0.1, -0.05) is 0 Å². The van der Waals surface area contributed by atoms with Gasteiger partial charge in [-0.15, -0.1) is 0 Å². The maximum absolute atomic E-state index is 4.18. The standard InChI is InChI=1S/C9H11N5/c1-7-8(10-2)11-6-12-9(7)14-5-3-4-13-14/h3-6H,1-2H3,(H,10,11,12). The highest BCUT2D eigenvalue weighted by Crippen LogP contribution is 2.15. The maximum atomic E-state index is 4.18. The predicted octanol–water partition coefficient (Wildman–Crippen LogP) is 1.01. The van der Waals surface area contributed by atoms with Crippen molar-refractivity contribution in [3.05, 3.63) is 30.4 Å². The van der Waals surface area contributed by atoms with Crippen LogP contribution in [0.5, 0.6) is 0 Å². The molecule has 0 spiro atoms. The van der Waals surface area contributed by atoms with Crippen molar-refractivity contribution in [2.24, 2.45) is 0 Å². The van der Waals surface area contributed by atoms with Gasteiger partial charge in [-0.05, 0) is 13.0 Å². The van der Waals surface area contributed by atoms with E-state index < -0.39 is 0 Å². The number of rotatable bonds is 2. The quantitative estimate of drug-likeness (QED) is 0.766. The van der Waals surface area contributed by atoms with Gasteiger partial charge in [-0.3, -0.25) is 0 Å². The molecule has 0 saturated carbocycles. The minimum atomic E-state index is 0.800. The van der Waals surface area contributed by atoms with Gasteiger partial charge in [-0.2, -0.15) is 5.10 Å². The van der Waals surface area contributed by atoms with Crippen LogP contribution in [-0.4, -0.2) is 26.8 Å². The number of anilines is 1. The van der Waals surface area contributed by atoms with Crippen LogP contribution in [0, 0.1) is 6.92 Å². The topological polar surface area (TPSA) is 55.6 Å². The highest BCUT2D eigenvalue weighted by molar-refractivity contribution is 5.49. The fourth-order valence-electron chi connectivity index (χ4n) is 1.32. The molecule has 5 nitrogen and oxygen atoms in total. The average molecular weight is 189 g/mol. The molecule has 2 aromatic heterocycles. The molecule has 0 aliphatic heterocycles. The molecule has 0 unspecified atom stereocenters. The lowest BCUT2D eigenvalue weighted by molar-refractivity contribution is 0.830. The second-order valence-electron chi connectivity index (χ2n) is 2.87. The highest BCUT2D eigenvalue weighted by atomic mass is 15.3. The van der Waals surface area contributed by atoms with Crippen molar-refractivity contribution < 1.29 is 0 Å². The third-order valence-electron chi connectivity index (χ3n) is 2.02. The molecule has 0 aliphatic rings. The van der Waals surface area contributed by atoms with Crippen molar-refractivity contribution in [3.63, 3.8) is 0 Å². The maximum Gasteiger partial charge on any atom is 0.161 e. The lowest BCUT2D eigenvalue weighted by Gasteiger charge is -2.07. The zero-order valence-corrected chi connectivity index (χ0v) is 8.10. The van der Waals surface area contributed by atoms with Gasteiger partial charge in [0.15, 0.2) is 5.82 Å². The monoisotopic (exact) mass is 189 g/mol. The number of nitrogens with one attached hydrogen (secondary N) is 1. The van der Waals surface area contributed by atoms with E-state index in [2.05, 4.69) is 20.4 Å². The molecule has 2 aromatic rings. The van der Waals surface area contributed by atoms with Gasteiger partial charge in [0.1, 0.15) is 12.1 Å². The summed E-state index contributed by atoms with van der Waals surface area (Å²) < 4.78 is 1.72. The van der Waals surface area contributed by atoms with Crippen LogP contribution in [0.25, 0.3) is 5.82 Å². The molecule has 0 saturated heterocycles. The lowest BCUT2D eigenvalue weighted by atomic mass is 10.3. The molecule has 0 fully saturated rings. The van der Waals surface area contributed by atoms with Crippen LogP contribution >= 0.6 is 0 Å². The Morgan fingerprint density at radius 2 is 2.21 bits per heavy atom. The van der Waals surface area contributed by atoms with Crippen molar-refractivity contribution >= 4 is 5.82 Å². The molecular formula is C9H11N5. The molecule has 0 aliphatic carbocycles. The normalized spacial score (nSPS) is 10.1. The van der Waals surface area contributed by atoms with Crippen molar-refractivity contribution in [1.29, 1.82) is 0 Å². The molecule has 2 heterocycles. The molecule has 0 amide bonds. The SMILES string of the molecule is CNc1ncnc(-n2cccn2)c1C. The zero-order chi connectivity index (χ0) is 9.97. The van der Waals surface area contributed by atoms with E-state index in [1.165, 1.54) is 6.33 Å². The summed E-state index contributed by atoms with van der Waals surface area (Å²) in [4.78, 5) is 8.28. The summed E-state index contributed by atoms with van der Waals surface area (Å²) in [6, 6.07) is 1.86. The molecule has 0 atom stereocenters. The molecule has 0 radical (unpaired) electrons. The van der Waals surface area contributed by atoms with Crippen molar-refractivity contribution in [1.82, 2.24) is 19.7 Å². The Kier molecular flexibility index (Phi) is 2.14. The summed E-state index contributed by atoms with van der Waals surface area (Å²) in [5.41, 5.74) is 0.985. The second kappa shape index (κ2) is 3.45. The van der Waals surface area contributed by atoms with Gasteiger partial charge < -0.3 is 5.32 Å². The Morgan fingerprint density at radius 1 is 1.36 bits per heavy atom. The summed E-state index contributed by atoms with van der Waals surface area (Å²) in [5.74, 6) is 1.62. The number of nitrogens with zero attached hydrogens (tertiary/aromatic N) is 4. The minimum absolute atomic E-state index is 0.800. The number of hydrogen-bond donors (Lipinski definition) is 1. The van der Waals surface area contributed by atoms with Crippen LogP contribution in [0.15, 0.2) is 24.8 Å². The number of aromatic nitrogens is 4. The van der Waals surface area contributed by atoms with Crippen LogP contribution in [0.1, 0.15) is 5.56 Å². The summed E-state index contributed by atoms with van der Waals surface area (Å²) in [5, 5.41) is 7.13. The average Bonchev–Trinajstić information content (AvgIpc) is 2.71. The van der Waals surface area contributed by atoms with Gasteiger partial charge in [0.05, 0.1) is 0 Å². The molecule has 5 heteroatoms. The second-order valence-corrected chi connectivity index (χ2v) is 2.87. The zero-order valence-electron chi connectivity index (χ0n) is 8.10. The van der Waals surface area contributed by atoms with Gasteiger partial charge in [0.2, 0.25) is 0 Å². The molecular weight excluding hydrogens is 178 g/mol. The lowest BCUT2D eigenvalue weighted by Crippen LogP contribution is -2.05. The molecule has 72 valence electrons. The molecule has 2 rings (SSSR count). The largest absolute Gasteiger partial charge is 0.373 e. The molecule has 0 bridgehead atoms. The highest BCUT2D eigenvalue weighted by Gasteiger charge is 2.06. The van der Waals surface area contributed by atoms with Crippen molar-refractivity contribution in [2.75, 3.05) is 12.4 Å². The number of hydrogen-bond acceptors (Lipinski definition) is 4. The Labute approximate surface area is 81.8 Å². The summed E-state index contributed by atoms with van der Waals surface area (Å²) in [6.07, 6.45) is 5.10. The predicted molar refractivity (Wildman–Crippen MR) is 53.4 cm³/mol. The van der Waals surface area contributed by atoms with Gasteiger partial charge in [0.25, 0.3) is 0 Å². The molecule has 1 N–H and O–H groups in total. The third kappa shape index (κ3) is 1.32. The molecule has 14 heavy (non-hydrogen) atoms. The van der Waals surface area contributed by atoms with E-state index in [0.717, 1.165) is 17.2 Å². The van der Waals surface area contributed by atoms with E-state index in [1.54, 1.807) is 10.9 Å². The Bertz CT molecular complexity index is 421. The first-order chi connectivity index (χ1) is 6.83. The summed E-state index contributed by atoms with van der Waals surface area (Å²) >= 11 is 0. The van der Waals surface area contributed by atoms with Crippen LogP contribution in [0.3, 0.4) is 0 Å². The van der Waals surface area contributed by atoms with Crippen LogP contribution in [-0.2, 0) is 0 Å². The van der Waals surface area contributed by atoms with Crippen molar-refractivity contribution in [2.45, 2.75) is 6.92 Å². The Hall–Kier alpha value is -1.91. The first-order valence-electron chi connectivity index (χ1n) is 4.32. The fraction of sp³-hybridized carbons (Fsp3) is 0.222. The van der Waals surface area contributed by atoms with E-state index in [1.807, 2.05) is 26.2 Å². The van der Waals surface area contributed by atoms with E-state index >= 15 is 0 Å². The Balaban J connectivity index is 2.54.